The van der Waals surface area contributed by atoms with Gasteiger partial charge in [-0.25, -0.2) is 17.7 Å². The van der Waals surface area contributed by atoms with Crippen molar-refractivity contribution in [1.82, 2.24) is 9.21 Å². The Morgan fingerprint density at radius 2 is 1.83 bits per heavy atom. The number of rotatable bonds is 7. The number of hydrogen-bond donors (Lipinski definition) is 1. The first kappa shape index (κ1) is 21.8. The Morgan fingerprint density at radius 1 is 1.21 bits per heavy atom. The molecule has 1 saturated heterocycles. The molecule has 0 spiro atoms. The highest BCUT2D eigenvalue weighted by atomic mass is 32.2. The van der Waals surface area contributed by atoms with Gasteiger partial charge >= 0.3 is 0 Å². The largest absolute Gasteiger partial charge is 0.369 e. The zero-order valence-corrected chi connectivity index (χ0v) is 18.4. The van der Waals surface area contributed by atoms with Crippen molar-refractivity contribution in [3.63, 3.8) is 0 Å². The Morgan fingerprint density at radius 3 is 2.41 bits per heavy atom. The molecule has 0 bridgehead atoms. The molecule has 0 aromatic heterocycles. The van der Waals surface area contributed by atoms with E-state index in [-0.39, 0.29) is 23.5 Å². The molecule has 160 valence electrons. The van der Waals surface area contributed by atoms with Gasteiger partial charge in [0.1, 0.15) is 5.54 Å². The van der Waals surface area contributed by atoms with E-state index in [1.165, 1.54) is 0 Å². The van der Waals surface area contributed by atoms with Gasteiger partial charge in [-0.2, -0.15) is 0 Å². The molecule has 3 rings (SSSR count). The monoisotopic (exact) mass is 420 g/mol. The first-order chi connectivity index (χ1) is 13.6. The summed E-state index contributed by atoms with van der Waals surface area (Å²) in [6.45, 7) is 7.44. The second-order valence-corrected chi connectivity index (χ2v) is 10.8. The second-order valence-electron chi connectivity index (χ2n) is 8.84. The maximum atomic E-state index is 12.9. The number of aliphatic imine (C=N–C) groups is 1. The predicted octanol–water partition coefficient (Wildman–Crippen LogP) is 2.19. The van der Waals surface area contributed by atoms with Crippen LogP contribution < -0.4 is 5.73 Å². The number of piperidine rings is 1. The molecule has 29 heavy (non-hydrogen) atoms. The average Bonchev–Trinajstić information content (AvgIpc) is 2.85. The first-order valence-electron chi connectivity index (χ1n) is 10.3. The normalized spacial score (nSPS) is 24.3. The van der Waals surface area contributed by atoms with Crippen molar-refractivity contribution in [2.24, 2.45) is 22.6 Å². The fourth-order valence-corrected chi connectivity index (χ4v) is 5.93. The third-order valence-electron chi connectivity index (χ3n) is 5.75. The predicted molar refractivity (Wildman–Crippen MR) is 115 cm³/mol. The smallest absolute Gasteiger partial charge is 0.257 e. The molecule has 2 aliphatic rings. The third-order valence-corrected chi connectivity index (χ3v) is 7.60. The molecule has 1 unspecified atom stereocenters. The zero-order valence-electron chi connectivity index (χ0n) is 17.5. The maximum Gasteiger partial charge on any atom is 0.257 e. The van der Waals surface area contributed by atoms with Gasteiger partial charge in [-0.1, -0.05) is 44.2 Å². The van der Waals surface area contributed by atoms with Crippen LogP contribution in [0.3, 0.4) is 0 Å². The van der Waals surface area contributed by atoms with Crippen LogP contribution in [0.5, 0.6) is 0 Å². The Kier molecular flexibility index (Phi) is 6.33. The van der Waals surface area contributed by atoms with Gasteiger partial charge in [0.05, 0.1) is 5.75 Å². The van der Waals surface area contributed by atoms with Crippen molar-refractivity contribution in [2.45, 2.75) is 51.3 Å². The first-order valence-corrected chi connectivity index (χ1v) is 11.9. The van der Waals surface area contributed by atoms with Crippen LogP contribution in [0.4, 0.5) is 0 Å². The molecule has 1 aromatic carbocycles. The molecule has 1 aromatic rings. The molecule has 1 fully saturated rings. The number of carbonyl (C=O) groups is 1. The maximum absolute atomic E-state index is 12.9. The summed E-state index contributed by atoms with van der Waals surface area (Å²) >= 11 is 0. The van der Waals surface area contributed by atoms with Gasteiger partial charge in [0.2, 0.25) is 10.0 Å². The standard InChI is InChI=1S/C21H32N4O3S/c1-16(2)13-21(3)19(26)25(20(22)23-21)14-17-9-11-24(12-10-17)29(27,28)15-18-7-5-4-6-8-18/h4-8,16-17H,9-15H2,1-3H3,(H2,22,23). The third kappa shape index (κ3) is 4.98. The highest BCUT2D eigenvalue weighted by Crippen LogP contribution is 2.30. The second kappa shape index (κ2) is 8.44. The number of amides is 1. The summed E-state index contributed by atoms with van der Waals surface area (Å²) in [5, 5.41) is 0. The number of nitrogens with two attached hydrogens (primary N) is 1. The lowest BCUT2D eigenvalue weighted by molar-refractivity contribution is -0.131. The molecule has 7 nitrogen and oxygen atoms in total. The van der Waals surface area contributed by atoms with E-state index in [9.17, 15) is 13.2 Å². The van der Waals surface area contributed by atoms with Gasteiger partial charge in [-0.15, -0.1) is 0 Å². The van der Waals surface area contributed by atoms with Crippen molar-refractivity contribution in [3.8, 4) is 0 Å². The van der Waals surface area contributed by atoms with E-state index >= 15 is 0 Å². The van der Waals surface area contributed by atoms with Gasteiger partial charge in [-0.05, 0) is 43.6 Å². The van der Waals surface area contributed by atoms with Crippen LogP contribution in [0, 0.1) is 11.8 Å². The van der Waals surface area contributed by atoms with Crippen LogP contribution in [0.25, 0.3) is 0 Å². The zero-order chi connectivity index (χ0) is 21.2. The molecule has 0 saturated carbocycles. The molecule has 1 atom stereocenters. The minimum Gasteiger partial charge on any atom is -0.369 e. The van der Waals surface area contributed by atoms with Gasteiger partial charge in [-0.3, -0.25) is 9.69 Å². The van der Waals surface area contributed by atoms with Gasteiger partial charge in [0, 0.05) is 19.6 Å². The molecule has 1 amide bonds. The van der Waals surface area contributed by atoms with Crippen LogP contribution in [-0.2, 0) is 20.6 Å². The lowest BCUT2D eigenvalue weighted by atomic mass is 9.90. The number of nitrogens with zero attached hydrogens (tertiary/aromatic N) is 3. The highest BCUT2D eigenvalue weighted by Gasteiger charge is 2.45. The van der Waals surface area contributed by atoms with Gasteiger partial charge in [0.25, 0.3) is 5.91 Å². The lowest BCUT2D eigenvalue weighted by Crippen LogP contribution is -2.48. The average molecular weight is 421 g/mol. The summed E-state index contributed by atoms with van der Waals surface area (Å²) < 4.78 is 27.0. The summed E-state index contributed by atoms with van der Waals surface area (Å²) in [5.41, 5.74) is 6.09. The molecule has 2 aliphatic heterocycles. The summed E-state index contributed by atoms with van der Waals surface area (Å²) in [5.74, 6) is 0.840. The van der Waals surface area contributed by atoms with Crippen molar-refractivity contribution in [1.29, 1.82) is 0 Å². The van der Waals surface area contributed by atoms with E-state index in [1.807, 2.05) is 37.3 Å². The van der Waals surface area contributed by atoms with E-state index in [0.29, 0.717) is 44.8 Å². The topological polar surface area (TPSA) is 96.1 Å². The lowest BCUT2D eigenvalue weighted by Gasteiger charge is -2.33. The van der Waals surface area contributed by atoms with E-state index in [2.05, 4.69) is 18.8 Å². The van der Waals surface area contributed by atoms with Crippen LogP contribution in [0.1, 0.15) is 45.6 Å². The molecular weight excluding hydrogens is 388 g/mol. The molecular formula is C21H32N4O3S. The van der Waals surface area contributed by atoms with Crippen molar-refractivity contribution >= 4 is 21.9 Å². The van der Waals surface area contributed by atoms with E-state index < -0.39 is 15.6 Å². The van der Waals surface area contributed by atoms with Crippen LogP contribution >= 0.6 is 0 Å². The summed E-state index contributed by atoms with van der Waals surface area (Å²) in [4.78, 5) is 19.0. The molecule has 8 heteroatoms. The van der Waals surface area contributed by atoms with Crippen molar-refractivity contribution in [3.05, 3.63) is 35.9 Å². The van der Waals surface area contributed by atoms with E-state index in [4.69, 9.17) is 5.73 Å². The number of benzene rings is 1. The highest BCUT2D eigenvalue weighted by molar-refractivity contribution is 7.88. The minimum absolute atomic E-state index is 0.0241. The molecule has 0 aliphatic carbocycles. The quantitative estimate of drug-likeness (QED) is 0.731. The Labute approximate surface area is 174 Å². The van der Waals surface area contributed by atoms with Crippen LogP contribution in [0.2, 0.25) is 0 Å². The number of sulfonamides is 1. The summed E-state index contributed by atoms with van der Waals surface area (Å²) in [7, 11) is -3.34. The Bertz CT molecular complexity index is 861. The Hall–Kier alpha value is -1.93. The summed E-state index contributed by atoms with van der Waals surface area (Å²) in [6.07, 6.45) is 2.09. The van der Waals surface area contributed by atoms with Crippen LogP contribution in [-0.4, -0.2) is 54.7 Å². The van der Waals surface area contributed by atoms with Crippen LogP contribution in [0.15, 0.2) is 35.3 Å². The molecule has 2 heterocycles. The fourth-order valence-electron chi connectivity index (χ4n) is 4.36. The van der Waals surface area contributed by atoms with Crippen molar-refractivity contribution < 1.29 is 13.2 Å². The van der Waals surface area contributed by atoms with E-state index in [0.717, 1.165) is 5.56 Å². The number of hydrogen-bond acceptors (Lipinski definition) is 5. The molecule has 0 radical (unpaired) electrons. The summed E-state index contributed by atoms with van der Waals surface area (Å²) in [6, 6.07) is 9.24. The minimum atomic E-state index is -3.34. The Balaban J connectivity index is 1.56. The van der Waals surface area contributed by atoms with E-state index in [1.54, 1.807) is 9.21 Å². The number of guanidine groups is 1. The van der Waals surface area contributed by atoms with Gasteiger partial charge < -0.3 is 5.73 Å². The number of carbonyl (C=O) groups excluding carboxylic acids is 1. The SMILES string of the molecule is CC(C)CC1(C)N=C(N)N(CC2CCN(S(=O)(=O)Cc3ccccc3)CC2)C1=O. The van der Waals surface area contributed by atoms with Crippen molar-refractivity contribution in [2.75, 3.05) is 19.6 Å². The fraction of sp³-hybridized carbons (Fsp3) is 0.619. The molecule has 2 N–H and O–H groups in total. The van der Waals surface area contributed by atoms with Gasteiger partial charge in [0.15, 0.2) is 5.96 Å².